The second-order valence-corrected chi connectivity index (χ2v) is 9.40. The quantitative estimate of drug-likeness (QED) is 0.297. The van der Waals surface area contributed by atoms with Crippen molar-refractivity contribution in [2.24, 2.45) is 0 Å². The molecule has 1 aliphatic carbocycles. The van der Waals surface area contributed by atoms with Crippen LogP contribution in [-0.4, -0.2) is 21.2 Å². The Balaban J connectivity index is 1.59. The third kappa shape index (κ3) is 4.47. The maximum absolute atomic E-state index is 13.2. The van der Waals surface area contributed by atoms with Crippen LogP contribution < -0.4 is 10.9 Å². The number of aryl methyl sites for hydroxylation is 2. The number of aromatic nitrogens is 2. The van der Waals surface area contributed by atoms with E-state index >= 15 is 0 Å². The van der Waals surface area contributed by atoms with Crippen molar-refractivity contribution in [1.29, 1.82) is 0 Å². The number of allylic oxidation sites excluding steroid dienone is 1. The molecule has 0 bridgehead atoms. The van der Waals surface area contributed by atoms with Gasteiger partial charge in [-0.15, -0.1) is 17.9 Å². The molecule has 0 unspecified atom stereocenters. The topological polar surface area (TPSA) is 64.0 Å². The van der Waals surface area contributed by atoms with Gasteiger partial charge in [-0.3, -0.25) is 14.2 Å². The van der Waals surface area contributed by atoms with Gasteiger partial charge in [-0.25, -0.2) is 4.98 Å². The van der Waals surface area contributed by atoms with E-state index in [2.05, 4.69) is 16.9 Å². The molecule has 10 heteroatoms. The van der Waals surface area contributed by atoms with Crippen LogP contribution in [0.5, 0.6) is 0 Å². The van der Waals surface area contributed by atoms with E-state index in [1.807, 2.05) is 0 Å². The number of rotatable bonds is 6. The second kappa shape index (κ2) is 9.11. The van der Waals surface area contributed by atoms with E-state index < -0.39 is 17.6 Å². The molecular formula is C22H20F3N3O2S2. The van der Waals surface area contributed by atoms with Crippen LogP contribution in [0.1, 0.15) is 28.8 Å². The number of fused-ring (bicyclic) bond motifs is 3. The summed E-state index contributed by atoms with van der Waals surface area (Å²) in [5.74, 6) is -0.802. The predicted octanol–water partition coefficient (Wildman–Crippen LogP) is 5.27. The molecule has 0 aliphatic heterocycles. The molecule has 1 aromatic carbocycles. The number of halogens is 3. The molecule has 32 heavy (non-hydrogen) atoms. The highest BCUT2D eigenvalue weighted by atomic mass is 32.2. The lowest BCUT2D eigenvalue weighted by molar-refractivity contribution is -0.137. The van der Waals surface area contributed by atoms with E-state index in [-0.39, 0.29) is 23.5 Å². The van der Waals surface area contributed by atoms with Gasteiger partial charge < -0.3 is 5.32 Å². The third-order valence-corrected chi connectivity index (χ3v) is 7.35. The smallest absolute Gasteiger partial charge is 0.325 e. The van der Waals surface area contributed by atoms with Crippen LogP contribution in [0.4, 0.5) is 18.9 Å². The minimum atomic E-state index is -4.58. The predicted molar refractivity (Wildman–Crippen MR) is 122 cm³/mol. The zero-order chi connectivity index (χ0) is 22.9. The fraction of sp³-hybridized carbons (Fsp3) is 0.318. The fourth-order valence-electron chi connectivity index (χ4n) is 3.78. The van der Waals surface area contributed by atoms with Crippen molar-refractivity contribution in [2.45, 2.75) is 43.6 Å². The molecule has 2 heterocycles. The second-order valence-electron chi connectivity index (χ2n) is 7.37. The fourth-order valence-corrected chi connectivity index (χ4v) is 5.89. The third-order valence-electron chi connectivity index (χ3n) is 5.19. The standard InChI is InChI=1S/C22H20F3N3O2S2/c1-2-11-28-20(30)18-13-7-3-6-10-16(13)32-19(18)27-21(28)31-12-17(29)26-15-9-5-4-8-14(15)22(23,24)25/h2,4-5,8-9H,1,3,6-7,10-12H2,(H,26,29). The first-order valence-electron chi connectivity index (χ1n) is 10.0. The molecule has 5 nitrogen and oxygen atoms in total. The average molecular weight is 480 g/mol. The van der Waals surface area contributed by atoms with Gasteiger partial charge in [0.15, 0.2) is 5.16 Å². The van der Waals surface area contributed by atoms with Gasteiger partial charge in [-0.2, -0.15) is 13.2 Å². The maximum atomic E-state index is 13.2. The van der Waals surface area contributed by atoms with Crippen LogP contribution in [-0.2, 0) is 30.4 Å². The molecule has 1 amide bonds. The van der Waals surface area contributed by atoms with Crippen LogP contribution in [0, 0.1) is 0 Å². The number of anilines is 1. The van der Waals surface area contributed by atoms with Gasteiger partial charge in [-0.05, 0) is 43.4 Å². The van der Waals surface area contributed by atoms with Crippen LogP contribution in [0.3, 0.4) is 0 Å². The van der Waals surface area contributed by atoms with Crippen molar-refractivity contribution in [1.82, 2.24) is 9.55 Å². The molecule has 2 aromatic heterocycles. The first kappa shape index (κ1) is 22.6. The SMILES string of the molecule is C=CCn1c(SCC(=O)Nc2ccccc2C(F)(F)F)nc2sc3c(c2c1=O)CCCC3. The van der Waals surface area contributed by atoms with E-state index in [1.54, 1.807) is 6.08 Å². The number of nitrogens with zero attached hydrogens (tertiary/aromatic N) is 2. The Morgan fingerprint density at radius 3 is 2.78 bits per heavy atom. The Labute approximate surface area is 190 Å². The molecular weight excluding hydrogens is 459 g/mol. The monoisotopic (exact) mass is 479 g/mol. The van der Waals surface area contributed by atoms with Crippen molar-refractivity contribution in [3.63, 3.8) is 0 Å². The van der Waals surface area contributed by atoms with Crippen LogP contribution >= 0.6 is 23.1 Å². The summed E-state index contributed by atoms with van der Waals surface area (Å²) in [6, 6.07) is 4.81. The van der Waals surface area contributed by atoms with Crippen molar-refractivity contribution < 1.29 is 18.0 Å². The van der Waals surface area contributed by atoms with Crippen molar-refractivity contribution in [2.75, 3.05) is 11.1 Å². The molecule has 0 saturated carbocycles. The van der Waals surface area contributed by atoms with Crippen molar-refractivity contribution in [3.05, 3.63) is 63.3 Å². The Bertz CT molecular complexity index is 1250. The number of thiophene rings is 1. The summed E-state index contributed by atoms with van der Waals surface area (Å²) in [5.41, 5.74) is -0.307. The summed E-state index contributed by atoms with van der Waals surface area (Å²) in [5, 5.41) is 3.30. The van der Waals surface area contributed by atoms with E-state index in [0.29, 0.717) is 15.4 Å². The highest BCUT2D eigenvalue weighted by molar-refractivity contribution is 7.99. The Morgan fingerprint density at radius 1 is 1.28 bits per heavy atom. The van der Waals surface area contributed by atoms with Gasteiger partial charge in [0.25, 0.3) is 5.56 Å². The molecule has 0 atom stereocenters. The number of hydrogen-bond acceptors (Lipinski definition) is 5. The molecule has 1 N–H and O–H groups in total. The number of alkyl halides is 3. The molecule has 0 fully saturated rings. The lowest BCUT2D eigenvalue weighted by Gasteiger charge is -2.14. The van der Waals surface area contributed by atoms with E-state index in [4.69, 9.17) is 0 Å². The van der Waals surface area contributed by atoms with Gasteiger partial charge in [-0.1, -0.05) is 30.0 Å². The molecule has 0 radical (unpaired) electrons. The lowest BCUT2D eigenvalue weighted by Crippen LogP contribution is -2.24. The lowest BCUT2D eigenvalue weighted by atomic mass is 9.97. The molecule has 1 aliphatic rings. The molecule has 4 rings (SSSR count). The number of benzene rings is 1. The largest absolute Gasteiger partial charge is 0.418 e. The molecule has 3 aromatic rings. The number of nitrogens with one attached hydrogen (secondary N) is 1. The molecule has 168 valence electrons. The van der Waals surface area contributed by atoms with Crippen molar-refractivity contribution >= 4 is 44.9 Å². The summed E-state index contributed by atoms with van der Waals surface area (Å²) >= 11 is 2.53. The first-order valence-corrected chi connectivity index (χ1v) is 11.8. The van der Waals surface area contributed by atoms with Crippen LogP contribution in [0.25, 0.3) is 10.2 Å². The van der Waals surface area contributed by atoms with Gasteiger partial charge in [0.1, 0.15) is 4.83 Å². The van der Waals surface area contributed by atoms with E-state index in [1.165, 1.54) is 39.0 Å². The zero-order valence-electron chi connectivity index (χ0n) is 17.0. The molecule has 0 saturated heterocycles. The number of hydrogen-bond donors (Lipinski definition) is 1. The van der Waals surface area contributed by atoms with Crippen LogP contribution in [0.15, 0.2) is 46.9 Å². The maximum Gasteiger partial charge on any atom is 0.418 e. The summed E-state index contributed by atoms with van der Waals surface area (Å²) in [7, 11) is 0. The summed E-state index contributed by atoms with van der Waals surface area (Å²) < 4.78 is 41.0. The Hall–Kier alpha value is -2.59. The molecule has 0 spiro atoms. The van der Waals surface area contributed by atoms with Crippen LogP contribution in [0.2, 0.25) is 0 Å². The normalized spacial score (nSPS) is 13.7. The van der Waals surface area contributed by atoms with E-state index in [9.17, 15) is 22.8 Å². The average Bonchev–Trinajstić information content (AvgIpc) is 3.12. The number of amides is 1. The highest BCUT2D eigenvalue weighted by Gasteiger charge is 2.33. The first-order chi connectivity index (χ1) is 15.3. The van der Waals surface area contributed by atoms with Gasteiger partial charge in [0.2, 0.25) is 5.91 Å². The van der Waals surface area contributed by atoms with E-state index in [0.717, 1.165) is 49.1 Å². The Kier molecular flexibility index (Phi) is 6.43. The Morgan fingerprint density at radius 2 is 2.03 bits per heavy atom. The van der Waals surface area contributed by atoms with Crippen molar-refractivity contribution in [3.8, 4) is 0 Å². The number of thioether (sulfide) groups is 1. The highest BCUT2D eigenvalue weighted by Crippen LogP contribution is 2.36. The minimum absolute atomic E-state index is 0.167. The summed E-state index contributed by atoms with van der Waals surface area (Å²) in [6.07, 6.45) is 0.913. The number of carbonyl (C=O) groups excluding carboxylic acids is 1. The number of carbonyl (C=O) groups is 1. The van der Waals surface area contributed by atoms with Gasteiger partial charge in [0.05, 0.1) is 22.4 Å². The number of para-hydroxylation sites is 1. The zero-order valence-corrected chi connectivity index (χ0v) is 18.6. The minimum Gasteiger partial charge on any atom is -0.325 e. The van der Waals surface area contributed by atoms with Gasteiger partial charge in [0, 0.05) is 11.4 Å². The summed E-state index contributed by atoms with van der Waals surface area (Å²) in [4.78, 5) is 32.1. The summed E-state index contributed by atoms with van der Waals surface area (Å²) in [6.45, 7) is 3.93. The van der Waals surface area contributed by atoms with Gasteiger partial charge >= 0.3 is 6.18 Å².